The fourth-order valence-corrected chi connectivity index (χ4v) is 1.99. The number of carbonyl (C=O) groups excluding carboxylic acids is 2. The Hall–Kier alpha value is -1.17. The molecule has 4 heteroatoms. The quantitative estimate of drug-likeness (QED) is 0.487. The van der Waals surface area contributed by atoms with E-state index in [0.717, 1.165) is 9.13 Å². The monoisotopic (exact) mass is 313 g/mol. The van der Waals surface area contributed by atoms with Crippen molar-refractivity contribution in [3.63, 3.8) is 0 Å². The largest absolute Gasteiger partial charge is 0.292 e. The predicted octanol–water partition coefficient (Wildman–Crippen LogP) is 1.72. The zero-order chi connectivity index (χ0) is 10.8. The molecule has 0 saturated carbocycles. The third-order valence-electron chi connectivity index (χ3n) is 2.09. The summed E-state index contributed by atoms with van der Waals surface area (Å²) in [7, 11) is 0. The van der Waals surface area contributed by atoms with Crippen molar-refractivity contribution in [2.45, 2.75) is 6.42 Å². The molecule has 0 radical (unpaired) electrons. The Morgan fingerprint density at radius 1 is 1.33 bits per heavy atom. The van der Waals surface area contributed by atoms with Gasteiger partial charge in [0.1, 0.15) is 0 Å². The molecule has 0 aliphatic carbocycles. The maximum absolute atomic E-state index is 11.3. The Bertz CT molecular complexity index is 465. The number of amides is 2. The minimum Gasteiger partial charge on any atom is -0.292 e. The average Bonchev–Trinajstić information content (AvgIpc) is 2.45. The van der Waals surface area contributed by atoms with Crippen LogP contribution in [0.1, 0.15) is 12.0 Å². The van der Waals surface area contributed by atoms with E-state index in [1.165, 1.54) is 0 Å². The van der Waals surface area contributed by atoms with Crippen molar-refractivity contribution in [3.8, 4) is 0 Å². The smallest absolute Gasteiger partial charge is 0.254 e. The number of hydrogen-bond acceptors (Lipinski definition) is 2. The summed E-state index contributed by atoms with van der Waals surface area (Å²) in [4.78, 5) is 22.2. The minimum atomic E-state index is -0.279. The van der Waals surface area contributed by atoms with Crippen molar-refractivity contribution in [1.82, 2.24) is 5.32 Å². The molecule has 0 unspecified atom stereocenters. The van der Waals surface area contributed by atoms with Gasteiger partial charge in [0.2, 0.25) is 5.91 Å². The maximum Gasteiger partial charge on any atom is 0.254 e. The van der Waals surface area contributed by atoms with Gasteiger partial charge in [-0.3, -0.25) is 14.9 Å². The molecule has 1 aliphatic rings. The predicted molar refractivity (Wildman–Crippen MR) is 64.9 cm³/mol. The molecule has 2 rings (SSSR count). The lowest BCUT2D eigenvalue weighted by atomic mass is 10.1. The van der Waals surface area contributed by atoms with Crippen molar-refractivity contribution < 1.29 is 9.59 Å². The summed E-state index contributed by atoms with van der Waals surface area (Å²) in [6.45, 7) is 0. The Balaban J connectivity index is 2.31. The molecule has 1 heterocycles. The summed E-state index contributed by atoms with van der Waals surface area (Å²) in [6, 6.07) is 7.76. The van der Waals surface area contributed by atoms with Gasteiger partial charge in [-0.2, -0.15) is 0 Å². The van der Waals surface area contributed by atoms with Crippen molar-refractivity contribution >= 4 is 40.5 Å². The van der Waals surface area contributed by atoms with Gasteiger partial charge in [-0.15, -0.1) is 0 Å². The number of carbonyl (C=O) groups is 2. The van der Waals surface area contributed by atoms with E-state index in [-0.39, 0.29) is 18.2 Å². The van der Waals surface area contributed by atoms with E-state index in [1.807, 2.05) is 24.3 Å². The third kappa shape index (κ3) is 2.44. The van der Waals surface area contributed by atoms with E-state index in [1.54, 1.807) is 6.08 Å². The van der Waals surface area contributed by atoms with Crippen LogP contribution in [-0.4, -0.2) is 11.8 Å². The number of benzene rings is 1. The van der Waals surface area contributed by atoms with E-state index >= 15 is 0 Å². The number of halogens is 1. The normalized spacial score (nSPS) is 18.3. The van der Waals surface area contributed by atoms with Crippen LogP contribution in [0.4, 0.5) is 0 Å². The molecule has 0 bridgehead atoms. The summed E-state index contributed by atoms with van der Waals surface area (Å²) >= 11 is 2.20. The van der Waals surface area contributed by atoms with Crippen LogP contribution in [0.25, 0.3) is 6.08 Å². The van der Waals surface area contributed by atoms with Crippen LogP contribution >= 0.6 is 22.6 Å². The van der Waals surface area contributed by atoms with Gasteiger partial charge in [0, 0.05) is 9.14 Å². The first-order valence-electron chi connectivity index (χ1n) is 4.45. The van der Waals surface area contributed by atoms with Crippen LogP contribution in [-0.2, 0) is 9.59 Å². The SMILES string of the molecule is O=C1C/C(=C\c2cccc(I)c2)C(=O)N1. The molecular weight excluding hydrogens is 305 g/mol. The van der Waals surface area contributed by atoms with E-state index in [9.17, 15) is 9.59 Å². The molecule has 1 saturated heterocycles. The molecule has 0 aromatic heterocycles. The fourth-order valence-electron chi connectivity index (χ4n) is 1.42. The van der Waals surface area contributed by atoms with Gasteiger partial charge < -0.3 is 0 Å². The van der Waals surface area contributed by atoms with E-state index in [2.05, 4.69) is 27.9 Å². The number of rotatable bonds is 1. The van der Waals surface area contributed by atoms with E-state index in [0.29, 0.717) is 5.57 Å². The lowest BCUT2D eigenvalue weighted by Gasteiger charge is -1.96. The van der Waals surface area contributed by atoms with Gasteiger partial charge in [-0.1, -0.05) is 12.1 Å². The average molecular weight is 313 g/mol. The molecule has 1 aromatic rings. The molecule has 0 atom stereocenters. The highest BCUT2D eigenvalue weighted by Crippen LogP contribution is 2.16. The van der Waals surface area contributed by atoms with Crippen LogP contribution in [0.2, 0.25) is 0 Å². The molecule has 0 spiro atoms. The lowest BCUT2D eigenvalue weighted by molar-refractivity contribution is -0.124. The van der Waals surface area contributed by atoms with Gasteiger partial charge in [-0.25, -0.2) is 0 Å². The van der Waals surface area contributed by atoms with Gasteiger partial charge in [0.25, 0.3) is 5.91 Å². The van der Waals surface area contributed by atoms with Crippen LogP contribution in [0, 0.1) is 3.57 Å². The first-order chi connectivity index (χ1) is 7.15. The first kappa shape index (κ1) is 10.4. The Morgan fingerprint density at radius 3 is 2.73 bits per heavy atom. The Kier molecular flexibility index (Phi) is 2.86. The van der Waals surface area contributed by atoms with Gasteiger partial charge >= 0.3 is 0 Å². The molecule has 15 heavy (non-hydrogen) atoms. The Labute approximate surface area is 101 Å². The second-order valence-corrected chi connectivity index (χ2v) is 4.52. The maximum atomic E-state index is 11.3. The summed E-state index contributed by atoms with van der Waals surface area (Å²) in [5.41, 5.74) is 1.48. The minimum absolute atomic E-state index is 0.185. The molecule has 2 amide bonds. The summed E-state index contributed by atoms with van der Waals surface area (Å²) in [6.07, 6.45) is 1.94. The standard InChI is InChI=1S/C11H8INO2/c12-9-3-1-2-7(5-9)4-8-6-10(14)13-11(8)15/h1-5H,6H2,(H,13,14,15)/b8-4+. The van der Waals surface area contributed by atoms with Crippen molar-refractivity contribution in [2.24, 2.45) is 0 Å². The zero-order valence-corrected chi connectivity index (χ0v) is 9.95. The van der Waals surface area contributed by atoms with Crippen molar-refractivity contribution in [3.05, 3.63) is 39.0 Å². The van der Waals surface area contributed by atoms with Crippen molar-refractivity contribution in [2.75, 3.05) is 0 Å². The fraction of sp³-hybridized carbons (Fsp3) is 0.0909. The third-order valence-corrected chi connectivity index (χ3v) is 2.76. The van der Waals surface area contributed by atoms with Gasteiger partial charge in [0.05, 0.1) is 6.42 Å². The highest BCUT2D eigenvalue weighted by molar-refractivity contribution is 14.1. The summed E-state index contributed by atoms with van der Waals surface area (Å²) in [5, 5.41) is 2.25. The zero-order valence-electron chi connectivity index (χ0n) is 7.79. The second-order valence-electron chi connectivity index (χ2n) is 3.28. The molecule has 1 N–H and O–H groups in total. The molecule has 76 valence electrons. The van der Waals surface area contributed by atoms with Crippen molar-refractivity contribution in [1.29, 1.82) is 0 Å². The van der Waals surface area contributed by atoms with Crippen LogP contribution in [0.15, 0.2) is 29.8 Å². The van der Waals surface area contributed by atoms with E-state index in [4.69, 9.17) is 0 Å². The van der Waals surface area contributed by atoms with Gasteiger partial charge in [-0.05, 0) is 46.4 Å². The first-order valence-corrected chi connectivity index (χ1v) is 5.53. The Morgan fingerprint density at radius 2 is 2.13 bits per heavy atom. The second kappa shape index (κ2) is 4.14. The number of nitrogens with one attached hydrogen (secondary N) is 1. The molecule has 3 nitrogen and oxygen atoms in total. The lowest BCUT2D eigenvalue weighted by Crippen LogP contribution is -2.19. The molecule has 1 aliphatic heterocycles. The van der Waals surface area contributed by atoms with Gasteiger partial charge in [0.15, 0.2) is 0 Å². The topological polar surface area (TPSA) is 46.2 Å². The molecular formula is C11H8INO2. The van der Waals surface area contributed by atoms with Crippen LogP contribution < -0.4 is 5.32 Å². The summed E-state index contributed by atoms with van der Waals surface area (Å²) < 4.78 is 1.10. The summed E-state index contributed by atoms with van der Waals surface area (Å²) in [5.74, 6) is -0.504. The van der Waals surface area contributed by atoms with Crippen LogP contribution in [0.5, 0.6) is 0 Å². The van der Waals surface area contributed by atoms with Crippen LogP contribution in [0.3, 0.4) is 0 Å². The number of imide groups is 1. The highest BCUT2D eigenvalue weighted by atomic mass is 127. The van der Waals surface area contributed by atoms with E-state index < -0.39 is 0 Å². The number of hydrogen-bond donors (Lipinski definition) is 1. The molecule has 1 aromatic carbocycles. The highest BCUT2D eigenvalue weighted by Gasteiger charge is 2.23. The molecule has 1 fully saturated rings.